The van der Waals surface area contributed by atoms with Crippen molar-refractivity contribution in [2.24, 2.45) is 5.92 Å². The maximum absolute atomic E-state index is 12.3. The minimum atomic E-state index is 0. The Balaban J connectivity index is 0.00000196. The number of ether oxygens (including phenoxy) is 1. The molecule has 2 aromatic carbocycles. The first kappa shape index (κ1) is 18.5. The maximum Gasteiger partial charge on any atom is 0.224 e. The van der Waals surface area contributed by atoms with Crippen molar-refractivity contribution in [3.63, 3.8) is 0 Å². The molecule has 1 fully saturated rings. The first-order valence-electron chi connectivity index (χ1n) is 8.74. The number of methoxy groups -OCH3 is 1. The van der Waals surface area contributed by atoms with Gasteiger partial charge in [0.2, 0.25) is 5.91 Å². The number of nitrogens with one attached hydrogen (secondary N) is 2. The third kappa shape index (κ3) is 3.64. The molecule has 0 radical (unpaired) electrons. The molecule has 0 saturated carbocycles. The molecule has 2 N–H and O–H groups in total. The number of carbonyl (C=O) groups is 1. The second-order valence-electron chi connectivity index (χ2n) is 6.59. The summed E-state index contributed by atoms with van der Waals surface area (Å²) in [6, 6.07) is 11.7. The molecule has 1 atom stereocenters. The Bertz CT molecular complexity index is 916. The minimum absolute atomic E-state index is 0. The summed E-state index contributed by atoms with van der Waals surface area (Å²) in [6.07, 6.45) is 2.59. The lowest BCUT2D eigenvalue weighted by atomic mass is 10.0. The molecule has 0 bridgehead atoms. The summed E-state index contributed by atoms with van der Waals surface area (Å²) in [4.78, 5) is 12.3. The molecule has 1 unspecified atom stereocenters. The molecule has 6 heteroatoms. The highest BCUT2D eigenvalue weighted by Gasteiger charge is 2.17. The average molecular weight is 375 g/mol. The zero-order valence-corrected chi connectivity index (χ0v) is 15.5. The lowest BCUT2D eigenvalue weighted by Gasteiger charge is -2.11. The average Bonchev–Trinajstić information content (AvgIpc) is 3.26. The number of anilines is 1. The first-order valence-corrected chi connectivity index (χ1v) is 8.74. The van der Waals surface area contributed by atoms with E-state index >= 15 is 0 Å². The normalized spacial score (nSPS) is 16.6. The third-order valence-electron chi connectivity index (χ3n) is 4.91. The van der Waals surface area contributed by atoms with Crippen molar-refractivity contribution in [2.45, 2.75) is 19.3 Å². The molecule has 1 aliphatic rings. The van der Waals surface area contributed by atoms with Crippen LogP contribution in [0, 0.1) is 5.92 Å². The van der Waals surface area contributed by atoms with Crippen LogP contribution in [0.5, 0.6) is 5.75 Å². The summed E-state index contributed by atoms with van der Waals surface area (Å²) in [6.45, 7) is 2.07. The van der Waals surface area contributed by atoms with Gasteiger partial charge in [-0.15, -0.1) is 12.4 Å². The lowest BCUT2D eigenvalue weighted by Crippen LogP contribution is -2.15. The number of hydrogen-bond donors (Lipinski definition) is 2. The van der Waals surface area contributed by atoms with Gasteiger partial charge in [-0.3, -0.25) is 4.79 Å². The summed E-state index contributed by atoms with van der Waals surface area (Å²) in [7, 11) is 1.61. The Morgan fingerprint density at radius 2 is 2.12 bits per heavy atom. The van der Waals surface area contributed by atoms with Crippen LogP contribution >= 0.6 is 12.4 Å². The van der Waals surface area contributed by atoms with Gasteiger partial charge in [-0.25, -0.2) is 0 Å². The fourth-order valence-corrected chi connectivity index (χ4v) is 3.53. The van der Waals surface area contributed by atoms with Crippen molar-refractivity contribution >= 4 is 45.9 Å². The number of halogens is 1. The molecule has 1 amide bonds. The molecule has 26 heavy (non-hydrogen) atoms. The van der Waals surface area contributed by atoms with E-state index in [1.807, 2.05) is 36.4 Å². The number of fused-ring (bicyclic) bond motifs is 3. The number of hydrogen-bond acceptors (Lipinski definition) is 4. The summed E-state index contributed by atoms with van der Waals surface area (Å²) < 4.78 is 11.4. The van der Waals surface area contributed by atoms with Gasteiger partial charge in [-0.1, -0.05) is 18.2 Å². The molecular weight excluding hydrogens is 352 g/mol. The molecule has 1 saturated heterocycles. The number of furan rings is 1. The van der Waals surface area contributed by atoms with Gasteiger partial charge in [-0.05, 0) is 44.0 Å². The molecule has 1 aromatic heterocycles. The van der Waals surface area contributed by atoms with Gasteiger partial charge >= 0.3 is 0 Å². The number of para-hydroxylation sites is 1. The highest BCUT2D eigenvalue weighted by atomic mass is 35.5. The van der Waals surface area contributed by atoms with Gasteiger partial charge < -0.3 is 19.8 Å². The monoisotopic (exact) mass is 374 g/mol. The smallest absolute Gasteiger partial charge is 0.224 e. The van der Waals surface area contributed by atoms with Gasteiger partial charge in [0.15, 0.2) is 0 Å². The Labute approximate surface area is 158 Å². The number of benzene rings is 2. The molecule has 0 aliphatic carbocycles. The van der Waals surface area contributed by atoms with Gasteiger partial charge in [0.25, 0.3) is 0 Å². The van der Waals surface area contributed by atoms with E-state index in [9.17, 15) is 4.79 Å². The maximum atomic E-state index is 12.3. The highest BCUT2D eigenvalue weighted by molar-refractivity contribution is 6.07. The molecule has 0 spiro atoms. The Morgan fingerprint density at radius 1 is 1.27 bits per heavy atom. The van der Waals surface area contributed by atoms with Crippen molar-refractivity contribution in [3.8, 4) is 5.75 Å². The number of rotatable bonds is 5. The van der Waals surface area contributed by atoms with E-state index in [-0.39, 0.29) is 18.3 Å². The van der Waals surface area contributed by atoms with E-state index in [1.54, 1.807) is 7.11 Å². The summed E-state index contributed by atoms with van der Waals surface area (Å²) in [5.74, 6) is 1.26. The largest absolute Gasteiger partial charge is 0.495 e. The van der Waals surface area contributed by atoms with Crippen LogP contribution in [0.4, 0.5) is 5.69 Å². The lowest BCUT2D eigenvalue weighted by molar-refractivity contribution is -0.116. The second kappa shape index (κ2) is 7.98. The van der Waals surface area contributed by atoms with Crippen LogP contribution < -0.4 is 15.4 Å². The van der Waals surface area contributed by atoms with Gasteiger partial charge in [0.05, 0.1) is 12.8 Å². The summed E-state index contributed by atoms with van der Waals surface area (Å²) in [5, 5.41) is 8.34. The van der Waals surface area contributed by atoms with E-state index < -0.39 is 0 Å². The second-order valence-corrected chi connectivity index (χ2v) is 6.59. The number of carbonyl (C=O) groups excluding carboxylic acids is 1. The van der Waals surface area contributed by atoms with Crippen LogP contribution in [-0.4, -0.2) is 26.1 Å². The zero-order valence-electron chi connectivity index (χ0n) is 14.7. The summed E-state index contributed by atoms with van der Waals surface area (Å²) in [5.41, 5.74) is 2.23. The van der Waals surface area contributed by atoms with Crippen LogP contribution in [0.1, 0.15) is 19.3 Å². The summed E-state index contributed by atoms with van der Waals surface area (Å²) >= 11 is 0. The Morgan fingerprint density at radius 3 is 2.88 bits per heavy atom. The van der Waals surface area contributed by atoms with Gasteiger partial charge in [-0.2, -0.15) is 0 Å². The van der Waals surface area contributed by atoms with Crippen molar-refractivity contribution in [2.75, 3.05) is 25.5 Å². The van der Waals surface area contributed by atoms with Crippen LogP contribution in [0.25, 0.3) is 21.9 Å². The molecule has 3 aromatic rings. The van der Waals surface area contributed by atoms with Crippen molar-refractivity contribution < 1.29 is 13.9 Å². The van der Waals surface area contributed by atoms with E-state index in [0.717, 1.165) is 47.9 Å². The first-order chi connectivity index (χ1) is 12.2. The molecule has 138 valence electrons. The standard InChI is InChI=1S/C20H22N2O3.ClH/c1-24-19-10-15-14-4-2-3-5-17(14)25-18(15)11-16(19)22-20(23)7-6-13-8-9-21-12-13;/h2-5,10-11,13,21H,6-9,12H2,1H3,(H,22,23);1H. The zero-order chi connectivity index (χ0) is 17.2. The highest BCUT2D eigenvalue weighted by Crippen LogP contribution is 2.36. The third-order valence-corrected chi connectivity index (χ3v) is 4.91. The van der Waals surface area contributed by atoms with Crippen LogP contribution in [0.2, 0.25) is 0 Å². The van der Waals surface area contributed by atoms with Crippen molar-refractivity contribution in [1.82, 2.24) is 5.32 Å². The molecular formula is C20H23ClN2O3. The van der Waals surface area contributed by atoms with Crippen LogP contribution in [0.15, 0.2) is 40.8 Å². The SMILES string of the molecule is COc1cc2c(cc1NC(=O)CCC1CCNC1)oc1ccccc12.Cl. The van der Waals surface area contributed by atoms with E-state index in [2.05, 4.69) is 10.6 Å². The fourth-order valence-electron chi connectivity index (χ4n) is 3.53. The molecule has 4 rings (SSSR count). The van der Waals surface area contributed by atoms with Gasteiger partial charge in [0.1, 0.15) is 16.9 Å². The van der Waals surface area contributed by atoms with E-state index in [1.165, 1.54) is 0 Å². The van der Waals surface area contributed by atoms with Crippen LogP contribution in [0.3, 0.4) is 0 Å². The van der Waals surface area contributed by atoms with E-state index in [0.29, 0.717) is 23.8 Å². The van der Waals surface area contributed by atoms with E-state index in [4.69, 9.17) is 9.15 Å². The predicted molar refractivity (Wildman–Crippen MR) is 106 cm³/mol. The molecule has 1 aliphatic heterocycles. The van der Waals surface area contributed by atoms with Gasteiger partial charge in [0, 0.05) is 23.3 Å². The van der Waals surface area contributed by atoms with Crippen molar-refractivity contribution in [1.29, 1.82) is 0 Å². The predicted octanol–water partition coefficient (Wildman–Crippen LogP) is 4.34. The molecule has 5 nitrogen and oxygen atoms in total. The minimum Gasteiger partial charge on any atom is -0.495 e. The topological polar surface area (TPSA) is 63.5 Å². The number of amides is 1. The Kier molecular flexibility index (Phi) is 5.69. The van der Waals surface area contributed by atoms with Crippen molar-refractivity contribution in [3.05, 3.63) is 36.4 Å². The quantitative estimate of drug-likeness (QED) is 0.697. The molecule has 2 heterocycles. The van der Waals surface area contributed by atoms with Crippen LogP contribution in [-0.2, 0) is 4.79 Å². The Hall–Kier alpha value is -2.24. The fraction of sp³-hybridized carbons (Fsp3) is 0.350.